The Balaban J connectivity index is 1.49. The zero-order valence-electron chi connectivity index (χ0n) is 21.2. The fourth-order valence-electron chi connectivity index (χ4n) is 4.17. The maximum atomic E-state index is 12.2. The molecule has 0 aliphatic carbocycles. The number of likely N-dealkylation sites (tertiary alicyclic amines) is 1. The highest BCUT2D eigenvalue weighted by Gasteiger charge is 2.32. The zero-order valence-corrected chi connectivity index (χ0v) is 21.2. The summed E-state index contributed by atoms with van der Waals surface area (Å²) in [6.07, 6.45) is 3.35. The van der Waals surface area contributed by atoms with Gasteiger partial charge in [0.2, 0.25) is 11.7 Å². The third-order valence-electron chi connectivity index (χ3n) is 5.88. The molecular formula is C27H34N4O4. The van der Waals surface area contributed by atoms with Crippen molar-refractivity contribution < 1.29 is 18.8 Å². The number of rotatable bonds is 6. The van der Waals surface area contributed by atoms with E-state index in [2.05, 4.69) is 35.3 Å². The van der Waals surface area contributed by atoms with Crippen LogP contribution in [0.2, 0.25) is 0 Å². The number of ether oxygens (including phenoxy) is 2. The van der Waals surface area contributed by atoms with Crippen LogP contribution in [0.1, 0.15) is 72.2 Å². The predicted octanol–water partition coefficient (Wildman–Crippen LogP) is 6.56. The Morgan fingerprint density at radius 1 is 1.20 bits per heavy atom. The smallest absolute Gasteiger partial charge is 0.435 e. The van der Waals surface area contributed by atoms with Crippen LogP contribution in [-0.4, -0.2) is 45.7 Å². The Kier molecular flexibility index (Phi) is 7.38. The number of aromatic nitrogens is 2. The van der Waals surface area contributed by atoms with Crippen LogP contribution >= 0.6 is 0 Å². The molecule has 1 fully saturated rings. The summed E-state index contributed by atoms with van der Waals surface area (Å²) in [4.78, 5) is 23.0. The lowest BCUT2D eigenvalue weighted by molar-refractivity contribution is 0.0601. The van der Waals surface area contributed by atoms with E-state index < -0.39 is 11.7 Å². The van der Waals surface area contributed by atoms with Gasteiger partial charge in [-0.1, -0.05) is 36.7 Å². The molecule has 8 heteroatoms. The van der Waals surface area contributed by atoms with Gasteiger partial charge < -0.3 is 18.9 Å². The minimum absolute atomic E-state index is 0.120. The molecule has 8 nitrogen and oxygen atoms in total. The van der Waals surface area contributed by atoms with Crippen LogP contribution in [0.4, 0.5) is 4.79 Å². The average Bonchev–Trinajstić information content (AvgIpc) is 3.47. The van der Waals surface area contributed by atoms with Gasteiger partial charge >= 0.3 is 6.09 Å². The first-order chi connectivity index (χ1) is 16.7. The third-order valence-corrected chi connectivity index (χ3v) is 5.88. The Morgan fingerprint density at radius 2 is 1.97 bits per heavy atom. The normalized spacial score (nSPS) is 16.7. The van der Waals surface area contributed by atoms with E-state index in [1.807, 2.05) is 50.8 Å². The summed E-state index contributed by atoms with van der Waals surface area (Å²) in [6, 6.07) is 12.1. The Bertz CT molecular complexity index is 1210. The molecule has 1 amide bonds. The van der Waals surface area contributed by atoms with E-state index >= 15 is 0 Å². The van der Waals surface area contributed by atoms with Crippen LogP contribution in [0.5, 0.6) is 5.75 Å². The van der Waals surface area contributed by atoms with Gasteiger partial charge in [-0.25, -0.2) is 4.79 Å². The highest BCUT2D eigenvalue weighted by Crippen LogP contribution is 2.33. The summed E-state index contributed by atoms with van der Waals surface area (Å²) in [7, 11) is 0. The van der Waals surface area contributed by atoms with Gasteiger partial charge in [0.25, 0.3) is 0 Å². The summed E-state index contributed by atoms with van der Waals surface area (Å²) >= 11 is 0. The van der Waals surface area contributed by atoms with Crippen molar-refractivity contribution in [2.24, 2.45) is 4.99 Å². The highest BCUT2D eigenvalue weighted by molar-refractivity contribution is 5.90. The summed E-state index contributed by atoms with van der Waals surface area (Å²) < 4.78 is 16.8. The van der Waals surface area contributed by atoms with Crippen molar-refractivity contribution in [3.05, 3.63) is 42.3 Å². The average molecular weight is 479 g/mol. The fraction of sp³-hybridized carbons (Fsp3) is 0.481. The van der Waals surface area contributed by atoms with Gasteiger partial charge in [0.15, 0.2) is 0 Å². The van der Waals surface area contributed by atoms with Crippen molar-refractivity contribution in [1.82, 2.24) is 15.0 Å². The molecule has 2 heterocycles. The van der Waals surface area contributed by atoms with E-state index in [-0.39, 0.29) is 6.04 Å². The van der Waals surface area contributed by atoms with Crippen molar-refractivity contribution in [2.45, 2.75) is 71.9 Å². The van der Waals surface area contributed by atoms with Crippen molar-refractivity contribution in [2.75, 3.05) is 13.2 Å². The Morgan fingerprint density at radius 3 is 2.74 bits per heavy atom. The van der Waals surface area contributed by atoms with E-state index in [0.717, 1.165) is 60.9 Å². The third kappa shape index (κ3) is 6.18. The molecule has 0 spiro atoms. The lowest BCUT2D eigenvalue weighted by Crippen LogP contribution is -2.30. The molecule has 0 unspecified atom stereocenters. The Hall–Kier alpha value is -3.42. The number of carbonyl (C=O) groups is 1. The van der Waals surface area contributed by atoms with Gasteiger partial charge in [-0.05, 0) is 75.9 Å². The molecule has 1 aliphatic heterocycles. The number of carbonyl (C=O) groups excluding carboxylic acids is 1. The van der Waals surface area contributed by atoms with Gasteiger partial charge in [0.05, 0.1) is 6.61 Å². The number of hydrogen-bond acceptors (Lipinski definition) is 6. The molecule has 0 saturated carbocycles. The second kappa shape index (κ2) is 10.5. The van der Waals surface area contributed by atoms with Gasteiger partial charge in [0.1, 0.15) is 23.2 Å². The molecule has 35 heavy (non-hydrogen) atoms. The van der Waals surface area contributed by atoms with Crippen LogP contribution in [-0.2, 0) is 4.74 Å². The van der Waals surface area contributed by atoms with Crippen molar-refractivity contribution >= 4 is 22.7 Å². The topological polar surface area (TPSA) is 90.1 Å². The van der Waals surface area contributed by atoms with Gasteiger partial charge in [-0.15, -0.1) is 0 Å². The van der Waals surface area contributed by atoms with Crippen molar-refractivity contribution in [3.8, 4) is 17.1 Å². The monoisotopic (exact) mass is 478 g/mol. The van der Waals surface area contributed by atoms with E-state index in [0.29, 0.717) is 17.6 Å². The number of unbranched alkanes of at least 4 members (excludes halogenated alkanes) is 1. The minimum atomic E-state index is -0.595. The molecule has 2 aromatic carbocycles. The molecule has 1 saturated heterocycles. The molecule has 1 aromatic heterocycles. The molecule has 1 aliphatic rings. The first kappa shape index (κ1) is 24.7. The van der Waals surface area contributed by atoms with Crippen molar-refractivity contribution in [1.29, 1.82) is 0 Å². The number of amidine groups is 1. The first-order valence-corrected chi connectivity index (χ1v) is 12.3. The summed E-state index contributed by atoms with van der Waals surface area (Å²) in [6.45, 7) is 10.9. The number of benzene rings is 2. The molecular weight excluding hydrogens is 444 g/mol. The SMILES string of the molecule is CCCCOc1ccc2cc(-c3noc([C@@H]4CCCN4C(C)=NC(=O)OC(C)(C)C)n3)ccc2c1. The summed E-state index contributed by atoms with van der Waals surface area (Å²) in [5.41, 5.74) is 0.298. The van der Waals surface area contributed by atoms with Crippen LogP contribution in [0.3, 0.4) is 0 Å². The number of fused-ring (bicyclic) bond motifs is 1. The molecule has 1 atom stereocenters. The standard InChI is InChI=1S/C27H34N4O4/c1-6-7-15-33-22-13-12-19-16-21(11-10-20(19)17-22)24-29-25(35-30-24)23-9-8-14-31(23)18(2)28-26(32)34-27(3,4)5/h10-13,16-17,23H,6-9,14-15H2,1-5H3/t23-/m0/s1. The molecule has 4 rings (SSSR count). The van der Waals surface area contributed by atoms with E-state index in [9.17, 15) is 4.79 Å². The van der Waals surface area contributed by atoms with E-state index in [1.165, 1.54) is 0 Å². The van der Waals surface area contributed by atoms with Gasteiger partial charge in [-0.2, -0.15) is 9.98 Å². The number of amides is 1. The van der Waals surface area contributed by atoms with Crippen LogP contribution in [0.25, 0.3) is 22.2 Å². The van der Waals surface area contributed by atoms with Crippen LogP contribution in [0.15, 0.2) is 45.9 Å². The number of hydrogen-bond donors (Lipinski definition) is 0. The molecule has 0 radical (unpaired) electrons. The second-order valence-electron chi connectivity index (χ2n) is 9.87. The van der Waals surface area contributed by atoms with Gasteiger partial charge in [-0.3, -0.25) is 0 Å². The molecule has 186 valence electrons. The largest absolute Gasteiger partial charge is 0.494 e. The predicted molar refractivity (Wildman–Crippen MR) is 136 cm³/mol. The van der Waals surface area contributed by atoms with Crippen LogP contribution < -0.4 is 4.74 Å². The second-order valence-corrected chi connectivity index (χ2v) is 9.87. The van der Waals surface area contributed by atoms with Crippen molar-refractivity contribution in [3.63, 3.8) is 0 Å². The maximum absolute atomic E-state index is 12.2. The molecule has 3 aromatic rings. The fourth-order valence-corrected chi connectivity index (χ4v) is 4.17. The number of nitrogens with zero attached hydrogens (tertiary/aromatic N) is 4. The quantitative estimate of drug-likeness (QED) is 0.225. The number of aliphatic imine (C=N–C) groups is 1. The molecule has 0 bridgehead atoms. The maximum Gasteiger partial charge on any atom is 0.435 e. The minimum Gasteiger partial charge on any atom is -0.494 e. The van der Waals surface area contributed by atoms with E-state index in [4.69, 9.17) is 19.0 Å². The first-order valence-electron chi connectivity index (χ1n) is 12.3. The Labute approximate surface area is 206 Å². The lowest BCUT2D eigenvalue weighted by atomic mass is 10.1. The van der Waals surface area contributed by atoms with Gasteiger partial charge in [0, 0.05) is 12.1 Å². The molecule has 0 N–H and O–H groups in total. The highest BCUT2D eigenvalue weighted by atomic mass is 16.6. The van der Waals surface area contributed by atoms with Crippen LogP contribution in [0, 0.1) is 0 Å². The lowest BCUT2D eigenvalue weighted by Gasteiger charge is -2.24. The summed E-state index contributed by atoms with van der Waals surface area (Å²) in [5, 5.41) is 6.42. The van der Waals surface area contributed by atoms with E-state index in [1.54, 1.807) is 0 Å². The summed E-state index contributed by atoms with van der Waals surface area (Å²) in [5.74, 6) is 2.53. The zero-order chi connectivity index (χ0) is 25.0.